The highest BCUT2D eigenvalue weighted by Gasteiger charge is 2.39. The Morgan fingerprint density at radius 3 is 2.71 bits per heavy atom. The molecule has 2 aromatic heterocycles. The number of aromatic nitrogens is 2. The van der Waals surface area contributed by atoms with Crippen LogP contribution in [0.15, 0.2) is 53.2 Å². The van der Waals surface area contributed by atoms with E-state index in [4.69, 9.17) is 11.5 Å². The van der Waals surface area contributed by atoms with Crippen LogP contribution in [0.3, 0.4) is 0 Å². The second kappa shape index (κ2) is 10.4. The van der Waals surface area contributed by atoms with Gasteiger partial charge in [0.1, 0.15) is 10.8 Å². The predicted molar refractivity (Wildman–Crippen MR) is 140 cm³/mol. The Morgan fingerprint density at radius 2 is 2.00 bits per heavy atom. The lowest BCUT2D eigenvalue weighted by molar-refractivity contribution is -0.138. The lowest BCUT2D eigenvalue weighted by atomic mass is 10.0. The third-order valence-corrected chi connectivity index (χ3v) is 7.96. The van der Waals surface area contributed by atoms with Gasteiger partial charge in [-0.25, -0.2) is 4.98 Å². The third kappa shape index (κ3) is 5.29. The molecule has 1 atom stereocenters. The molecule has 1 aromatic carbocycles. The van der Waals surface area contributed by atoms with E-state index in [2.05, 4.69) is 15.3 Å². The molecule has 3 aromatic rings. The maximum atomic E-state index is 14.0. The van der Waals surface area contributed by atoms with E-state index in [0.29, 0.717) is 32.5 Å². The Kier molecular flexibility index (Phi) is 7.21. The fourth-order valence-electron chi connectivity index (χ4n) is 4.84. The number of fused-ring (bicyclic) bond motifs is 2. The number of nitrogens with zero attached hydrogens (tertiary/aromatic N) is 3. The van der Waals surface area contributed by atoms with Crippen LogP contribution in [-0.4, -0.2) is 52.4 Å². The molecule has 1 amide bonds. The molecule has 2 aliphatic heterocycles. The van der Waals surface area contributed by atoms with Gasteiger partial charge in [-0.15, -0.1) is 11.8 Å². The van der Waals surface area contributed by atoms with Crippen molar-refractivity contribution in [3.8, 4) is 0 Å². The first-order chi connectivity index (χ1) is 18.1. The monoisotopic (exact) mass is 544 g/mol. The number of hydrogen-bond donors (Lipinski definition) is 4. The number of anilines is 1. The Morgan fingerprint density at radius 1 is 1.24 bits per heavy atom. The molecule has 0 spiro atoms. The number of benzene rings is 1. The second-order valence-corrected chi connectivity index (χ2v) is 10.4. The number of thioether (sulfide) groups is 1. The summed E-state index contributed by atoms with van der Waals surface area (Å²) in [5, 5.41) is 15.2. The first kappa shape index (κ1) is 26.3. The number of primary amides is 1. The van der Waals surface area contributed by atoms with Crippen LogP contribution in [0.4, 0.5) is 19.0 Å². The Labute approximate surface area is 221 Å². The Hall–Kier alpha value is -3.35. The van der Waals surface area contributed by atoms with Gasteiger partial charge in [0.15, 0.2) is 0 Å². The van der Waals surface area contributed by atoms with Crippen LogP contribution >= 0.6 is 11.8 Å². The molecule has 0 radical (unpaired) electrons. The zero-order valence-electron chi connectivity index (χ0n) is 20.3. The molecule has 6 N–H and O–H groups in total. The highest BCUT2D eigenvalue weighted by molar-refractivity contribution is 7.99. The summed E-state index contributed by atoms with van der Waals surface area (Å²) in [5.41, 5.74) is 11.4. The van der Waals surface area contributed by atoms with Crippen LogP contribution in [0.1, 0.15) is 35.6 Å². The van der Waals surface area contributed by atoms with Crippen molar-refractivity contribution in [2.75, 3.05) is 30.3 Å². The van der Waals surface area contributed by atoms with Crippen molar-refractivity contribution in [3.63, 3.8) is 0 Å². The fourth-order valence-corrected chi connectivity index (χ4v) is 5.94. The maximum absolute atomic E-state index is 14.0. The summed E-state index contributed by atoms with van der Waals surface area (Å²) in [6, 6.07) is 10.6. The van der Waals surface area contributed by atoms with Crippen LogP contribution in [-0.2, 0) is 11.0 Å². The molecule has 1 unspecified atom stereocenters. The van der Waals surface area contributed by atoms with Crippen molar-refractivity contribution in [2.45, 2.75) is 36.2 Å². The maximum Gasteiger partial charge on any atom is 0.417 e. The second-order valence-electron chi connectivity index (χ2n) is 9.39. The van der Waals surface area contributed by atoms with E-state index in [-0.39, 0.29) is 39.5 Å². The zero-order chi connectivity index (χ0) is 27.0. The molecule has 1 fully saturated rings. The number of piperidine rings is 1. The van der Waals surface area contributed by atoms with Gasteiger partial charge < -0.3 is 26.8 Å². The number of halogens is 3. The number of carbonyl (C=O) groups is 1. The molecule has 12 heteroatoms. The minimum atomic E-state index is -4.68. The average molecular weight is 545 g/mol. The summed E-state index contributed by atoms with van der Waals surface area (Å²) >= 11 is 1.03. The van der Waals surface area contributed by atoms with Gasteiger partial charge >= 0.3 is 6.18 Å². The number of rotatable bonds is 6. The van der Waals surface area contributed by atoms with Gasteiger partial charge in [0.2, 0.25) is 5.91 Å². The van der Waals surface area contributed by atoms with Crippen molar-refractivity contribution >= 4 is 40.1 Å². The van der Waals surface area contributed by atoms with Gasteiger partial charge in [-0.1, -0.05) is 12.1 Å². The zero-order valence-corrected chi connectivity index (χ0v) is 21.1. The van der Waals surface area contributed by atoms with Crippen LogP contribution in [0.5, 0.6) is 0 Å². The Bertz CT molecular complexity index is 1410. The summed E-state index contributed by atoms with van der Waals surface area (Å²) in [6.45, 7) is 1.36. The molecule has 2 aliphatic rings. The van der Waals surface area contributed by atoms with E-state index in [0.717, 1.165) is 34.3 Å². The number of aliphatic hydroxyl groups excluding tert-OH is 1. The highest BCUT2D eigenvalue weighted by Crippen LogP contribution is 2.43. The molecule has 5 rings (SSSR count). The van der Waals surface area contributed by atoms with E-state index >= 15 is 0 Å². The number of amides is 1. The largest absolute Gasteiger partial charge is 0.417 e. The van der Waals surface area contributed by atoms with Gasteiger partial charge in [0, 0.05) is 48.6 Å². The number of aliphatic hydroxyl groups is 1. The summed E-state index contributed by atoms with van der Waals surface area (Å²) in [4.78, 5) is 22.2. The minimum absolute atomic E-state index is 0.0306. The van der Waals surface area contributed by atoms with Gasteiger partial charge in [0.25, 0.3) is 0 Å². The molecule has 1 saturated heterocycles. The van der Waals surface area contributed by atoms with Crippen molar-refractivity contribution in [2.24, 2.45) is 11.5 Å². The lowest BCUT2D eigenvalue weighted by Crippen LogP contribution is -2.44. The van der Waals surface area contributed by atoms with Gasteiger partial charge in [-0.3, -0.25) is 9.78 Å². The number of carbonyl (C=O) groups excluding carboxylic acids is 1. The third-order valence-electron chi connectivity index (χ3n) is 6.95. The normalized spacial score (nSPS) is 17.5. The number of nitrogens with one attached hydrogen (secondary N) is 1. The molecule has 200 valence electrons. The minimum Gasteiger partial charge on any atom is -0.398 e. The van der Waals surface area contributed by atoms with Gasteiger partial charge in [-0.05, 0) is 42.7 Å². The predicted octanol–water partition coefficient (Wildman–Crippen LogP) is 3.20. The van der Waals surface area contributed by atoms with E-state index in [1.165, 1.54) is 0 Å². The fraction of sp³-hybridized carbons (Fsp3) is 0.346. The Balaban J connectivity index is 1.26. The number of pyridine rings is 2. The summed E-state index contributed by atoms with van der Waals surface area (Å²) in [7, 11) is 0. The van der Waals surface area contributed by atoms with Crippen molar-refractivity contribution in [3.05, 3.63) is 64.9 Å². The molecule has 0 saturated carbocycles. The quantitative estimate of drug-likeness (QED) is 0.372. The summed E-state index contributed by atoms with van der Waals surface area (Å²) in [5.74, 6) is -0.540. The average Bonchev–Trinajstić information content (AvgIpc) is 2.90. The molecule has 38 heavy (non-hydrogen) atoms. The molecular formula is C26H27F3N6O2S. The first-order valence-electron chi connectivity index (χ1n) is 12.2. The standard InChI is InChI=1S/C26H27F3N6O2S/c27-26(28,29)18-11-21(34-25-22(18)23(30)17(13-38-25)24(31)37)35-8-5-16(6-9-35)33-12-20(36)15-3-4-19-14(10-15)2-1-7-32-19/h1-4,7,10-11,16,20,33,36H,5-6,8-9,12-13,30H2,(H2,31,37). The van der Waals surface area contributed by atoms with Crippen molar-refractivity contribution in [1.82, 2.24) is 15.3 Å². The first-order valence-corrected chi connectivity index (χ1v) is 13.2. The van der Waals surface area contributed by atoms with E-state index < -0.39 is 23.8 Å². The van der Waals surface area contributed by atoms with Gasteiger partial charge in [-0.2, -0.15) is 13.2 Å². The molecule has 8 nitrogen and oxygen atoms in total. The molecule has 0 bridgehead atoms. The number of hydrogen-bond acceptors (Lipinski definition) is 8. The van der Waals surface area contributed by atoms with Crippen LogP contribution in [0.25, 0.3) is 16.6 Å². The van der Waals surface area contributed by atoms with E-state index in [1.807, 2.05) is 35.2 Å². The molecular weight excluding hydrogens is 517 g/mol. The van der Waals surface area contributed by atoms with Crippen LogP contribution in [0.2, 0.25) is 0 Å². The highest BCUT2D eigenvalue weighted by atomic mass is 32.2. The number of alkyl halides is 3. The summed E-state index contributed by atoms with van der Waals surface area (Å²) in [6.07, 6.45) is -2.30. The van der Waals surface area contributed by atoms with Crippen LogP contribution in [0, 0.1) is 0 Å². The van der Waals surface area contributed by atoms with Crippen molar-refractivity contribution < 1.29 is 23.1 Å². The number of nitrogens with two attached hydrogens (primary N) is 2. The van der Waals surface area contributed by atoms with Crippen LogP contribution < -0.4 is 21.7 Å². The van der Waals surface area contributed by atoms with Gasteiger partial charge in [0.05, 0.1) is 28.5 Å². The topological polar surface area (TPSA) is 130 Å². The molecule has 4 heterocycles. The SMILES string of the molecule is NC(=O)C1=C(N)c2c(C(F)(F)F)cc(N3CCC(NCC(O)c4ccc5ncccc5c4)CC3)nc2SC1. The summed E-state index contributed by atoms with van der Waals surface area (Å²) < 4.78 is 42.0. The molecule has 0 aliphatic carbocycles. The smallest absolute Gasteiger partial charge is 0.398 e. The van der Waals surface area contributed by atoms with E-state index in [9.17, 15) is 23.1 Å². The lowest BCUT2D eigenvalue weighted by Gasteiger charge is -2.35. The van der Waals surface area contributed by atoms with E-state index in [1.54, 1.807) is 6.20 Å². The van der Waals surface area contributed by atoms with Crippen molar-refractivity contribution in [1.29, 1.82) is 0 Å².